The van der Waals surface area contributed by atoms with E-state index in [-0.39, 0.29) is 24.6 Å². The third-order valence-corrected chi connectivity index (χ3v) is 4.04. The van der Waals surface area contributed by atoms with Gasteiger partial charge in [0.15, 0.2) is 0 Å². The fourth-order valence-electron chi connectivity index (χ4n) is 2.49. The number of carbonyl (C=O) groups is 1. The minimum atomic E-state index is -2.56. The molecule has 0 atom stereocenters. The summed E-state index contributed by atoms with van der Waals surface area (Å²) >= 11 is 3.09. The molecule has 25 heavy (non-hydrogen) atoms. The standard InChI is InChI=1S/C13H11BrF2N6O3/c14-10-2-1-8(22(24)25)12(18-10)19-13(23)20-4-7-3-17-21(6-11(15)16)9(7)5-20/h1-3,11H,4-6H2,(H,18,19,23). The van der Waals surface area contributed by atoms with Crippen molar-refractivity contribution >= 4 is 33.5 Å². The molecule has 2 aromatic rings. The number of rotatable bonds is 4. The maximum absolute atomic E-state index is 12.5. The number of aromatic nitrogens is 3. The second-order valence-corrected chi connectivity index (χ2v) is 6.05. The van der Waals surface area contributed by atoms with E-state index in [2.05, 4.69) is 31.3 Å². The smallest absolute Gasteiger partial charge is 0.314 e. The van der Waals surface area contributed by atoms with Gasteiger partial charge in [0.05, 0.1) is 29.9 Å². The van der Waals surface area contributed by atoms with Gasteiger partial charge in [-0.25, -0.2) is 18.6 Å². The van der Waals surface area contributed by atoms with Gasteiger partial charge >= 0.3 is 11.7 Å². The van der Waals surface area contributed by atoms with Gasteiger partial charge in [-0.15, -0.1) is 0 Å². The van der Waals surface area contributed by atoms with E-state index in [9.17, 15) is 23.7 Å². The van der Waals surface area contributed by atoms with Crippen molar-refractivity contribution in [1.82, 2.24) is 19.7 Å². The minimum absolute atomic E-state index is 0.0791. The predicted molar refractivity (Wildman–Crippen MR) is 85.1 cm³/mol. The number of fused-ring (bicyclic) bond motifs is 1. The predicted octanol–water partition coefficient (Wildman–Crippen LogP) is 2.76. The van der Waals surface area contributed by atoms with Crippen LogP contribution in [0.4, 0.5) is 25.1 Å². The molecule has 0 saturated carbocycles. The number of anilines is 1. The van der Waals surface area contributed by atoms with Crippen LogP contribution >= 0.6 is 15.9 Å². The number of carbonyl (C=O) groups excluding carboxylic acids is 1. The largest absolute Gasteiger partial charge is 0.323 e. The molecule has 0 bridgehead atoms. The fourth-order valence-corrected chi connectivity index (χ4v) is 2.80. The molecule has 3 rings (SSSR count). The van der Waals surface area contributed by atoms with Crippen molar-refractivity contribution in [1.29, 1.82) is 0 Å². The molecule has 0 spiro atoms. The van der Waals surface area contributed by atoms with Crippen LogP contribution in [0.5, 0.6) is 0 Å². The zero-order chi connectivity index (χ0) is 18.1. The lowest BCUT2D eigenvalue weighted by molar-refractivity contribution is -0.384. The summed E-state index contributed by atoms with van der Waals surface area (Å²) in [6.45, 7) is -0.300. The molecule has 0 saturated heterocycles. The third kappa shape index (κ3) is 3.57. The SMILES string of the molecule is O=C(Nc1nc(Br)ccc1[N+](=O)[O-])N1Cc2cnn(CC(F)F)c2C1. The minimum Gasteiger partial charge on any atom is -0.314 e. The van der Waals surface area contributed by atoms with E-state index in [1.807, 2.05) is 0 Å². The number of halogens is 3. The summed E-state index contributed by atoms with van der Waals surface area (Å²) < 4.78 is 26.6. The molecule has 9 nitrogen and oxygen atoms in total. The molecule has 0 unspecified atom stereocenters. The molecule has 0 fully saturated rings. The normalized spacial score (nSPS) is 13.2. The van der Waals surface area contributed by atoms with Gasteiger partial charge in [0.2, 0.25) is 5.82 Å². The molecule has 1 aliphatic heterocycles. The van der Waals surface area contributed by atoms with Gasteiger partial charge < -0.3 is 4.90 Å². The first kappa shape index (κ1) is 17.2. The quantitative estimate of drug-likeness (QED) is 0.468. The number of alkyl halides is 2. The van der Waals surface area contributed by atoms with Crippen LogP contribution in [0.1, 0.15) is 11.3 Å². The van der Waals surface area contributed by atoms with Crippen LogP contribution in [0, 0.1) is 10.1 Å². The first-order valence-corrected chi connectivity index (χ1v) is 7.83. The number of pyridine rings is 1. The summed E-state index contributed by atoms with van der Waals surface area (Å²) in [4.78, 5) is 28.0. The lowest BCUT2D eigenvalue weighted by Gasteiger charge is -2.16. The summed E-state index contributed by atoms with van der Waals surface area (Å²) in [6.07, 6.45) is -1.12. The zero-order valence-electron chi connectivity index (χ0n) is 12.5. The number of nitrogens with zero attached hydrogens (tertiary/aromatic N) is 5. The first-order valence-electron chi connectivity index (χ1n) is 7.03. The Kier molecular flexibility index (Phi) is 4.61. The fraction of sp³-hybridized carbons (Fsp3) is 0.308. The average Bonchev–Trinajstić information content (AvgIpc) is 3.08. The third-order valence-electron chi connectivity index (χ3n) is 3.60. The van der Waals surface area contributed by atoms with Crippen molar-refractivity contribution in [3.05, 3.63) is 44.3 Å². The summed E-state index contributed by atoms with van der Waals surface area (Å²) in [5, 5.41) is 17.3. The van der Waals surface area contributed by atoms with E-state index >= 15 is 0 Å². The molecule has 0 aromatic carbocycles. The Labute approximate surface area is 147 Å². The Hall–Kier alpha value is -2.63. The van der Waals surface area contributed by atoms with Gasteiger partial charge in [-0.1, -0.05) is 0 Å². The highest BCUT2D eigenvalue weighted by Gasteiger charge is 2.29. The number of nitro groups is 1. The van der Waals surface area contributed by atoms with Gasteiger partial charge in [-0.05, 0) is 22.0 Å². The molecule has 0 aliphatic carbocycles. The molecule has 1 N–H and O–H groups in total. The Morgan fingerprint density at radius 3 is 2.88 bits per heavy atom. The number of amides is 2. The topological polar surface area (TPSA) is 106 Å². The van der Waals surface area contributed by atoms with Gasteiger partial charge in [0, 0.05) is 11.6 Å². The van der Waals surface area contributed by atoms with E-state index in [0.29, 0.717) is 15.9 Å². The second kappa shape index (κ2) is 6.70. The lowest BCUT2D eigenvalue weighted by Crippen LogP contribution is -2.31. The summed E-state index contributed by atoms with van der Waals surface area (Å²) in [7, 11) is 0. The van der Waals surface area contributed by atoms with Gasteiger partial charge in [0.1, 0.15) is 11.1 Å². The molecule has 12 heteroatoms. The average molecular weight is 417 g/mol. The zero-order valence-corrected chi connectivity index (χ0v) is 14.1. The number of nitrogens with one attached hydrogen (secondary N) is 1. The highest BCUT2D eigenvalue weighted by atomic mass is 79.9. The number of hydrogen-bond acceptors (Lipinski definition) is 5. The van der Waals surface area contributed by atoms with Crippen LogP contribution in [0.25, 0.3) is 0 Å². The van der Waals surface area contributed by atoms with Crippen molar-refractivity contribution < 1.29 is 18.5 Å². The van der Waals surface area contributed by atoms with Crippen LogP contribution < -0.4 is 5.32 Å². The van der Waals surface area contributed by atoms with Crippen LogP contribution in [0.15, 0.2) is 22.9 Å². The molecule has 1 aliphatic rings. The van der Waals surface area contributed by atoms with Crippen molar-refractivity contribution in [2.75, 3.05) is 5.32 Å². The molecule has 2 aromatic heterocycles. The van der Waals surface area contributed by atoms with Crippen molar-refractivity contribution in [3.63, 3.8) is 0 Å². The molecule has 2 amide bonds. The molecule has 3 heterocycles. The maximum Gasteiger partial charge on any atom is 0.323 e. The van der Waals surface area contributed by atoms with Crippen LogP contribution in [0.3, 0.4) is 0 Å². The van der Waals surface area contributed by atoms with Gasteiger partial charge in [-0.3, -0.25) is 20.1 Å². The number of urea groups is 1. The Morgan fingerprint density at radius 1 is 1.44 bits per heavy atom. The summed E-state index contributed by atoms with van der Waals surface area (Å²) in [6, 6.07) is 1.98. The van der Waals surface area contributed by atoms with E-state index in [1.165, 1.54) is 23.2 Å². The first-order chi connectivity index (χ1) is 11.8. The Morgan fingerprint density at radius 2 is 2.20 bits per heavy atom. The summed E-state index contributed by atoms with van der Waals surface area (Å²) in [5.74, 6) is -0.200. The van der Waals surface area contributed by atoms with E-state index in [0.717, 1.165) is 4.68 Å². The van der Waals surface area contributed by atoms with Crippen LogP contribution in [0.2, 0.25) is 0 Å². The van der Waals surface area contributed by atoms with E-state index in [4.69, 9.17) is 0 Å². The van der Waals surface area contributed by atoms with Crippen molar-refractivity contribution in [3.8, 4) is 0 Å². The molecule has 132 valence electrons. The Balaban J connectivity index is 1.75. The summed E-state index contributed by atoms with van der Waals surface area (Å²) in [5.41, 5.74) is 0.830. The van der Waals surface area contributed by atoms with Crippen LogP contribution in [-0.4, -0.2) is 37.0 Å². The van der Waals surface area contributed by atoms with Crippen molar-refractivity contribution in [2.45, 2.75) is 26.1 Å². The van der Waals surface area contributed by atoms with Gasteiger partial charge in [0.25, 0.3) is 6.43 Å². The van der Waals surface area contributed by atoms with E-state index in [1.54, 1.807) is 0 Å². The lowest BCUT2D eigenvalue weighted by atomic mass is 10.3. The Bertz CT molecular complexity index is 843. The highest BCUT2D eigenvalue weighted by molar-refractivity contribution is 9.10. The monoisotopic (exact) mass is 416 g/mol. The molecular formula is C13H11BrF2N6O3. The second-order valence-electron chi connectivity index (χ2n) is 5.23. The number of hydrogen-bond donors (Lipinski definition) is 1. The maximum atomic E-state index is 12.5. The van der Waals surface area contributed by atoms with E-state index < -0.39 is 23.9 Å². The van der Waals surface area contributed by atoms with Crippen molar-refractivity contribution in [2.24, 2.45) is 0 Å². The molecular weight excluding hydrogens is 406 g/mol. The molecule has 0 radical (unpaired) electrons. The highest BCUT2D eigenvalue weighted by Crippen LogP contribution is 2.27. The van der Waals surface area contributed by atoms with Gasteiger partial charge in [-0.2, -0.15) is 5.10 Å². The van der Waals surface area contributed by atoms with Crippen LogP contribution in [-0.2, 0) is 19.6 Å².